The number of aromatic nitrogens is 1. The lowest BCUT2D eigenvalue weighted by molar-refractivity contribution is 0.419. The van der Waals surface area contributed by atoms with Crippen LogP contribution in [0.5, 0.6) is 5.75 Å². The highest BCUT2D eigenvalue weighted by Crippen LogP contribution is 2.36. The second kappa shape index (κ2) is 9.14. The second-order valence-electron chi connectivity index (χ2n) is 7.20. The van der Waals surface area contributed by atoms with Crippen molar-refractivity contribution >= 4 is 39.2 Å². The smallest absolute Gasteiger partial charge is 0.145 e. The molecule has 1 heterocycles. The van der Waals surface area contributed by atoms with Gasteiger partial charge in [0.15, 0.2) is 0 Å². The molecule has 0 saturated carbocycles. The summed E-state index contributed by atoms with van der Waals surface area (Å²) in [6.07, 6.45) is 1.89. The van der Waals surface area contributed by atoms with Gasteiger partial charge in [-0.1, -0.05) is 48.5 Å². The summed E-state index contributed by atoms with van der Waals surface area (Å²) >= 11 is 0. The van der Waals surface area contributed by atoms with E-state index in [9.17, 15) is 4.21 Å². The summed E-state index contributed by atoms with van der Waals surface area (Å²) in [5.41, 5.74) is 5.58. The van der Waals surface area contributed by atoms with Gasteiger partial charge < -0.3 is 10.1 Å². The molecule has 0 spiro atoms. The molecule has 0 aliphatic heterocycles. The van der Waals surface area contributed by atoms with Gasteiger partial charge in [-0.05, 0) is 49.8 Å². The van der Waals surface area contributed by atoms with Crippen LogP contribution >= 0.6 is 0 Å². The van der Waals surface area contributed by atoms with Gasteiger partial charge in [-0.15, -0.1) is 0 Å². The van der Waals surface area contributed by atoms with E-state index in [0.29, 0.717) is 0 Å². The van der Waals surface area contributed by atoms with E-state index in [1.54, 1.807) is 12.5 Å². The Bertz CT molecular complexity index is 1280. The SMILES string of the molecule is COc1cccc2c(Nc3ccccc3C)c(C=CS(=O)c3ccccc3)c(C)nc12. The summed E-state index contributed by atoms with van der Waals surface area (Å²) in [6.45, 7) is 4.03. The van der Waals surface area contributed by atoms with E-state index >= 15 is 0 Å². The largest absolute Gasteiger partial charge is 0.494 e. The molecule has 0 bridgehead atoms. The summed E-state index contributed by atoms with van der Waals surface area (Å²) in [6, 6.07) is 23.5. The number of aryl methyl sites for hydroxylation is 2. The van der Waals surface area contributed by atoms with Crippen LogP contribution < -0.4 is 10.1 Å². The number of ether oxygens (including phenoxy) is 1. The van der Waals surface area contributed by atoms with Crippen molar-refractivity contribution in [2.24, 2.45) is 0 Å². The van der Waals surface area contributed by atoms with Gasteiger partial charge in [0.1, 0.15) is 11.3 Å². The molecule has 0 aliphatic carbocycles. The van der Waals surface area contributed by atoms with E-state index in [4.69, 9.17) is 9.72 Å². The first-order chi connectivity index (χ1) is 15.1. The standard InChI is InChI=1S/C26H24N2O2S/c1-18-10-7-8-14-23(18)28-25-21(16-17-31(29)20-11-5-4-6-12-20)19(2)27-26-22(25)13-9-15-24(26)30-3/h4-17H,1-3H3,(H,27,28). The highest BCUT2D eigenvalue weighted by molar-refractivity contribution is 7.88. The molecule has 31 heavy (non-hydrogen) atoms. The number of pyridine rings is 1. The lowest BCUT2D eigenvalue weighted by Gasteiger charge is -2.17. The summed E-state index contributed by atoms with van der Waals surface area (Å²) in [4.78, 5) is 5.57. The van der Waals surface area contributed by atoms with Gasteiger partial charge in [0, 0.05) is 32.6 Å². The Morgan fingerprint density at radius 2 is 1.68 bits per heavy atom. The van der Waals surface area contributed by atoms with Crippen molar-refractivity contribution in [3.63, 3.8) is 0 Å². The number of fused-ring (bicyclic) bond motifs is 1. The number of anilines is 2. The number of nitrogens with zero attached hydrogens (tertiary/aromatic N) is 1. The molecule has 156 valence electrons. The molecule has 0 fully saturated rings. The van der Waals surface area contributed by atoms with E-state index in [0.717, 1.165) is 49.7 Å². The molecule has 1 unspecified atom stereocenters. The van der Waals surface area contributed by atoms with Gasteiger partial charge >= 0.3 is 0 Å². The average molecular weight is 429 g/mol. The van der Waals surface area contributed by atoms with Crippen LogP contribution in [0.2, 0.25) is 0 Å². The predicted molar refractivity (Wildman–Crippen MR) is 129 cm³/mol. The minimum Gasteiger partial charge on any atom is -0.494 e. The average Bonchev–Trinajstić information content (AvgIpc) is 2.80. The zero-order valence-corrected chi connectivity index (χ0v) is 18.6. The number of hydrogen-bond donors (Lipinski definition) is 1. The first-order valence-corrected chi connectivity index (χ1v) is 11.2. The molecule has 0 radical (unpaired) electrons. The monoisotopic (exact) mass is 428 g/mol. The molecule has 4 aromatic rings. The lowest BCUT2D eigenvalue weighted by Crippen LogP contribution is -2.02. The quantitative estimate of drug-likeness (QED) is 0.387. The maximum atomic E-state index is 12.8. The predicted octanol–water partition coefficient (Wildman–Crippen LogP) is 6.38. The van der Waals surface area contributed by atoms with Crippen molar-refractivity contribution in [2.45, 2.75) is 18.7 Å². The van der Waals surface area contributed by atoms with E-state index in [-0.39, 0.29) is 0 Å². The van der Waals surface area contributed by atoms with Gasteiger partial charge in [-0.3, -0.25) is 0 Å². The number of para-hydroxylation sites is 2. The molecule has 1 atom stereocenters. The summed E-state index contributed by atoms with van der Waals surface area (Å²) in [5, 5.41) is 6.25. The van der Waals surface area contributed by atoms with Gasteiger partial charge in [0.2, 0.25) is 0 Å². The van der Waals surface area contributed by atoms with E-state index in [2.05, 4.69) is 18.3 Å². The maximum Gasteiger partial charge on any atom is 0.145 e. The third-order valence-corrected chi connectivity index (χ3v) is 6.29. The molecule has 1 N–H and O–H groups in total. The lowest BCUT2D eigenvalue weighted by atomic mass is 10.0. The van der Waals surface area contributed by atoms with Crippen LogP contribution in [-0.2, 0) is 10.8 Å². The topological polar surface area (TPSA) is 51.2 Å². The molecule has 3 aromatic carbocycles. The van der Waals surface area contributed by atoms with Crippen LogP contribution in [0.3, 0.4) is 0 Å². The molecule has 0 saturated heterocycles. The van der Waals surface area contributed by atoms with Gasteiger partial charge in [-0.25, -0.2) is 9.19 Å². The van der Waals surface area contributed by atoms with Crippen molar-refractivity contribution in [3.05, 3.63) is 95.0 Å². The van der Waals surface area contributed by atoms with Gasteiger partial charge in [0.25, 0.3) is 0 Å². The first kappa shape index (κ1) is 20.8. The Labute approximate surface area is 185 Å². The number of benzene rings is 3. The molecule has 0 amide bonds. The van der Waals surface area contributed by atoms with E-state index in [1.807, 2.05) is 79.7 Å². The molecular formula is C26H24N2O2S. The number of hydrogen-bond acceptors (Lipinski definition) is 4. The molecule has 5 heteroatoms. The van der Waals surface area contributed by atoms with E-state index < -0.39 is 10.8 Å². The van der Waals surface area contributed by atoms with Crippen LogP contribution in [0.1, 0.15) is 16.8 Å². The second-order valence-corrected chi connectivity index (χ2v) is 8.53. The third kappa shape index (κ3) is 4.37. The van der Waals surface area contributed by atoms with Crippen LogP contribution in [0.25, 0.3) is 17.0 Å². The number of nitrogens with one attached hydrogen (secondary N) is 1. The number of rotatable bonds is 6. The summed E-state index contributed by atoms with van der Waals surface area (Å²) in [5.74, 6) is 0.719. The van der Waals surface area contributed by atoms with Crippen LogP contribution in [0, 0.1) is 13.8 Å². The van der Waals surface area contributed by atoms with Crippen molar-refractivity contribution in [3.8, 4) is 5.75 Å². The Morgan fingerprint density at radius 1 is 0.935 bits per heavy atom. The zero-order valence-electron chi connectivity index (χ0n) is 17.8. The van der Waals surface area contributed by atoms with Crippen LogP contribution in [0.15, 0.2) is 83.1 Å². The fourth-order valence-corrected chi connectivity index (χ4v) is 4.35. The molecule has 0 aliphatic rings. The van der Waals surface area contributed by atoms with Gasteiger partial charge in [0.05, 0.1) is 23.6 Å². The summed E-state index contributed by atoms with van der Waals surface area (Å²) < 4.78 is 18.3. The normalized spacial score (nSPS) is 12.2. The molecule has 4 nitrogen and oxygen atoms in total. The number of methoxy groups -OCH3 is 1. The van der Waals surface area contributed by atoms with Crippen molar-refractivity contribution in [1.82, 2.24) is 4.98 Å². The molecular weight excluding hydrogens is 404 g/mol. The van der Waals surface area contributed by atoms with E-state index in [1.165, 1.54) is 0 Å². The van der Waals surface area contributed by atoms with Gasteiger partial charge in [-0.2, -0.15) is 0 Å². The first-order valence-electron chi connectivity index (χ1n) is 10.0. The van der Waals surface area contributed by atoms with Crippen molar-refractivity contribution < 1.29 is 8.95 Å². The third-order valence-electron chi connectivity index (χ3n) is 5.17. The Morgan fingerprint density at radius 3 is 2.42 bits per heavy atom. The Kier molecular flexibility index (Phi) is 6.14. The minimum absolute atomic E-state index is 0.719. The van der Waals surface area contributed by atoms with Crippen molar-refractivity contribution in [2.75, 3.05) is 12.4 Å². The molecule has 4 rings (SSSR count). The minimum atomic E-state index is -1.25. The maximum absolute atomic E-state index is 12.8. The molecule has 1 aromatic heterocycles. The van der Waals surface area contributed by atoms with Crippen LogP contribution in [-0.4, -0.2) is 16.3 Å². The fourth-order valence-electron chi connectivity index (χ4n) is 3.51. The highest BCUT2D eigenvalue weighted by Gasteiger charge is 2.15. The van der Waals surface area contributed by atoms with Crippen LogP contribution in [0.4, 0.5) is 11.4 Å². The highest BCUT2D eigenvalue weighted by atomic mass is 32.2. The fraction of sp³-hybridized carbons (Fsp3) is 0.115. The summed E-state index contributed by atoms with van der Waals surface area (Å²) in [7, 11) is 0.398. The van der Waals surface area contributed by atoms with Crippen molar-refractivity contribution in [1.29, 1.82) is 0 Å². The zero-order chi connectivity index (χ0) is 21.8. The Hall–Kier alpha value is -3.44. The Balaban J connectivity index is 1.87.